The number of ether oxygens (including phenoxy) is 2. The predicted octanol–water partition coefficient (Wildman–Crippen LogP) is 5.84. The number of nitrogens with zero attached hydrogens (tertiary/aromatic N) is 2. The Labute approximate surface area is 218 Å². The summed E-state index contributed by atoms with van der Waals surface area (Å²) in [5, 5.41) is 1.12. The molecule has 0 heterocycles. The van der Waals surface area contributed by atoms with E-state index in [1.54, 1.807) is 36.4 Å². The minimum atomic E-state index is -4.54. The second kappa shape index (κ2) is 12.9. The lowest BCUT2D eigenvalue weighted by Gasteiger charge is -2.19. The molecule has 3 aromatic carbocycles. The van der Waals surface area contributed by atoms with Gasteiger partial charge in [-0.2, -0.15) is 4.79 Å². The Hall–Kier alpha value is -3.20. The monoisotopic (exact) mass is 544 g/mol. The van der Waals surface area contributed by atoms with Crippen LogP contribution in [0.15, 0.2) is 69.3 Å². The lowest BCUT2D eigenvalue weighted by molar-refractivity contribution is 0.00751. The van der Waals surface area contributed by atoms with Crippen molar-refractivity contribution >= 4 is 36.0 Å². The van der Waals surface area contributed by atoms with Crippen molar-refractivity contribution in [2.75, 3.05) is 13.2 Å². The number of unbranched alkanes of at least 4 members (excludes halogenated alkanes) is 4. The van der Waals surface area contributed by atoms with Crippen LogP contribution in [0.1, 0.15) is 52.4 Å². The molecule has 0 unspecified atom stereocenters. The molecule has 0 amide bonds. The fraction of sp³-hybridized carbons (Fsp3) is 0.370. The molecule has 10 heteroatoms. The third-order valence-corrected chi connectivity index (χ3v) is 9.18. The van der Waals surface area contributed by atoms with Crippen LogP contribution in [-0.4, -0.2) is 40.4 Å². The summed E-state index contributed by atoms with van der Waals surface area (Å²) in [6.45, 7) is 4.44. The van der Waals surface area contributed by atoms with Crippen LogP contribution in [-0.2, 0) is 19.7 Å². The SMILES string of the molecule is CCCCCOc1ccc(OCCCCC)c(S(=O)(=O)c2cccc3ccccc23)c1S(=O)(=O)C=[N+]=[N-]. The molecular weight excluding hydrogens is 512 g/mol. The molecule has 0 atom stereocenters. The van der Waals surface area contributed by atoms with Crippen molar-refractivity contribution in [3.05, 3.63) is 60.1 Å². The molecule has 0 spiro atoms. The highest BCUT2D eigenvalue weighted by molar-refractivity contribution is 8.05. The summed E-state index contributed by atoms with van der Waals surface area (Å²) < 4.78 is 66.8. The van der Waals surface area contributed by atoms with Crippen molar-refractivity contribution in [1.82, 2.24) is 0 Å². The first-order valence-electron chi connectivity index (χ1n) is 12.4. The van der Waals surface area contributed by atoms with Gasteiger partial charge in [0.2, 0.25) is 9.84 Å². The number of hydrogen-bond donors (Lipinski definition) is 0. The zero-order valence-corrected chi connectivity index (χ0v) is 22.7. The van der Waals surface area contributed by atoms with Crippen LogP contribution in [0.2, 0.25) is 0 Å². The topological polar surface area (TPSA) is 123 Å². The van der Waals surface area contributed by atoms with Gasteiger partial charge in [0.05, 0.1) is 18.1 Å². The number of rotatable bonds is 14. The molecule has 0 saturated carbocycles. The van der Waals surface area contributed by atoms with Crippen molar-refractivity contribution in [3.63, 3.8) is 0 Å². The number of sulfone groups is 2. The number of fused-ring (bicyclic) bond motifs is 1. The maximum Gasteiger partial charge on any atom is 0.375 e. The molecule has 198 valence electrons. The van der Waals surface area contributed by atoms with E-state index >= 15 is 0 Å². The van der Waals surface area contributed by atoms with Gasteiger partial charge < -0.3 is 15.0 Å². The smallest absolute Gasteiger partial charge is 0.375 e. The summed E-state index contributed by atoms with van der Waals surface area (Å²) in [7, 11) is -9.00. The lowest BCUT2D eigenvalue weighted by atomic mass is 10.1. The van der Waals surface area contributed by atoms with E-state index in [0.29, 0.717) is 29.2 Å². The minimum Gasteiger partial charge on any atom is -0.492 e. The fourth-order valence-electron chi connectivity index (χ4n) is 4.00. The molecule has 0 aliphatic carbocycles. The first-order chi connectivity index (χ1) is 17.8. The van der Waals surface area contributed by atoms with E-state index in [2.05, 4.69) is 4.79 Å². The van der Waals surface area contributed by atoms with E-state index < -0.39 is 29.5 Å². The predicted molar refractivity (Wildman–Crippen MR) is 143 cm³/mol. The van der Waals surface area contributed by atoms with Gasteiger partial charge in [0.15, 0.2) is 0 Å². The first kappa shape index (κ1) is 28.4. The van der Waals surface area contributed by atoms with E-state index in [-0.39, 0.29) is 29.6 Å². The normalized spacial score (nSPS) is 11.7. The Morgan fingerprint density at radius 2 is 1.32 bits per heavy atom. The lowest BCUT2D eigenvalue weighted by Crippen LogP contribution is -2.16. The zero-order valence-electron chi connectivity index (χ0n) is 21.1. The van der Waals surface area contributed by atoms with Crippen LogP contribution in [0.3, 0.4) is 0 Å². The van der Waals surface area contributed by atoms with E-state index in [9.17, 15) is 16.8 Å². The Morgan fingerprint density at radius 3 is 1.92 bits per heavy atom. The average molecular weight is 545 g/mol. The van der Waals surface area contributed by atoms with Gasteiger partial charge in [-0.1, -0.05) is 75.9 Å². The number of benzene rings is 3. The van der Waals surface area contributed by atoms with E-state index in [4.69, 9.17) is 15.0 Å². The fourth-order valence-corrected chi connectivity index (χ4v) is 7.36. The van der Waals surface area contributed by atoms with Gasteiger partial charge in [-0.15, -0.1) is 0 Å². The highest BCUT2D eigenvalue weighted by atomic mass is 32.2. The van der Waals surface area contributed by atoms with Crippen molar-refractivity contribution in [2.24, 2.45) is 0 Å². The average Bonchev–Trinajstić information content (AvgIpc) is 2.88. The summed E-state index contributed by atoms with van der Waals surface area (Å²) in [4.78, 5) is 1.48. The summed E-state index contributed by atoms with van der Waals surface area (Å²) >= 11 is 0. The molecular formula is C27H32N2O6S2. The molecule has 3 aromatic rings. The van der Waals surface area contributed by atoms with Crippen LogP contribution in [0, 0.1) is 0 Å². The summed E-state index contributed by atoms with van der Waals surface area (Å²) in [5.41, 5.74) is 9.40. The highest BCUT2D eigenvalue weighted by Gasteiger charge is 2.37. The van der Waals surface area contributed by atoms with Crippen molar-refractivity contribution in [2.45, 2.75) is 67.1 Å². The zero-order chi connectivity index (χ0) is 26.9. The number of hydrogen-bond acceptors (Lipinski definition) is 6. The summed E-state index contributed by atoms with van der Waals surface area (Å²) in [6.07, 6.45) is 4.91. The molecule has 0 bridgehead atoms. The van der Waals surface area contributed by atoms with Crippen LogP contribution in [0.4, 0.5) is 0 Å². The largest absolute Gasteiger partial charge is 0.492 e. The van der Waals surface area contributed by atoms with Crippen LogP contribution in [0.5, 0.6) is 11.5 Å². The van der Waals surface area contributed by atoms with Gasteiger partial charge in [-0.3, -0.25) is 0 Å². The van der Waals surface area contributed by atoms with Crippen LogP contribution in [0.25, 0.3) is 16.3 Å². The molecule has 0 aliphatic heterocycles. The maximum atomic E-state index is 14.3. The second-order valence-corrected chi connectivity index (χ2v) is 12.1. The summed E-state index contributed by atoms with van der Waals surface area (Å²) in [5.74, 6) is -0.245. The van der Waals surface area contributed by atoms with Gasteiger partial charge in [0, 0.05) is 5.39 Å². The van der Waals surface area contributed by atoms with Crippen LogP contribution >= 0.6 is 0 Å². The van der Waals surface area contributed by atoms with Gasteiger partial charge in [-0.25, -0.2) is 16.8 Å². The van der Waals surface area contributed by atoms with Crippen molar-refractivity contribution in [3.8, 4) is 11.5 Å². The molecule has 0 radical (unpaired) electrons. The van der Waals surface area contributed by atoms with Crippen molar-refractivity contribution < 1.29 is 31.1 Å². The molecule has 0 aliphatic rings. The quantitative estimate of drug-likeness (QED) is 0.0825. The molecule has 37 heavy (non-hydrogen) atoms. The standard InChI is InChI=1S/C27H32N2O6S2/c1-3-5-9-18-34-23-16-17-24(35-19-10-6-4-2)27(26(23)36(30,31)20-29-28)37(32,33)25-15-11-13-21-12-7-8-14-22(21)25/h7-8,11-17,20H,3-6,9-10,18-19H2,1-2H3. The van der Waals surface area contributed by atoms with E-state index in [1.165, 1.54) is 18.2 Å². The molecule has 0 saturated heterocycles. The Kier molecular flexibility index (Phi) is 9.86. The third-order valence-electron chi connectivity index (χ3n) is 5.83. The van der Waals surface area contributed by atoms with Gasteiger partial charge in [-0.05, 0) is 36.4 Å². The Bertz CT molecular complexity index is 1490. The molecule has 3 rings (SSSR count). The van der Waals surface area contributed by atoms with E-state index in [0.717, 1.165) is 25.7 Å². The summed E-state index contributed by atoms with van der Waals surface area (Å²) in [6, 6.07) is 14.6. The minimum absolute atomic E-state index is 0.0653. The van der Waals surface area contributed by atoms with Gasteiger partial charge in [0.25, 0.3) is 9.84 Å². The van der Waals surface area contributed by atoms with Gasteiger partial charge >= 0.3 is 5.55 Å². The molecule has 0 N–H and O–H groups in total. The Morgan fingerprint density at radius 1 is 0.757 bits per heavy atom. The molecule has 8 nitrogen and oxygen atoms in total. The maximum absolute atomic E-state index is 14.3. The molecule has 0 aromatic heterocycles. The van der Waals surface area contributed by atoms with Crippen molar-refractivity contribution in [1.29, 1.82) is 0 Å². The first-order valence-corrected chi connectivity index (χ1v) is 15.4. The molecule has 0 fully saturated rings. The van der Waals surface area contributed by atoms with Gasteiger partial charge in [0.1, 0.15) is 21.3 Å². The second-order valence-electron chi connectivity index (χ2n) is 8.58. The Balaban J connectivity index is 2.32. The highest BCUT2D eigenvalue weighted by Crippen LogP contribution is 2.42. The van der Waals surface area contributed by atoms with E-state index in [1.807, 2.05) is 13.8 Å². The third kappa shape index (κ3) is 6.57. The van der Waals surface area contributed by atoms with Crippen LogP contribution < -0.4 is 9.47 Å².